The van der Waals surface area contributed by atoms with E-state index in [1.165, 1.54) is 0 Å². The summed E-state index contributed by atoms with van der Waals surface area (Å²) in [5.41, 5.74) is 18.0. The van der Waals surface area contributed by atoms with Crippen molar-refractivity contribution in [2.45, 2.75) is 163 Å². The van der Waals surface area contributed by atoms with Gasteiger partial charge in [-0.25, -0.2) is 0 Å². The maximum absolute atomic E-state index is 15.0. The van der Waals surface area contributed by atoms with Crippen molar-refractivity contribution in [3.05, 3.63) is 340 Å². The van der Waals surface area contributed by atoms with Gasteiger partial charge in [0, 0.05) is 106 Å². The second-order valence-electron chi connectivity index (χ2n) is 40.5. The standard InChI is InChI=1S/C112H103N15O9/c1-107(2,3)82-37-19-67(20-38-82)95-116-122-101(131-95)76-55-73(56-77(61-76)102-123-117-96(132-102)68-21-39-83(40-22-68)108(4,5)6)92(128)113-88-49-31-64(32-50-88)91(65-33-51-89(52-34-65)114-93(129)74-57-78(103-124-118-97(133-103)69-23-41-84(42-24-69)109(7,8)9)62-79(58-74)104-125-119-98(134-104)70-25-43-85(44-26-70)110(10,11)12)66-35-53-90(54-36-66)115-94(130)75-59-80(105-126-120-99(135-105)71-27-45-86(46-28-71)111(13,14)15)63-81(60-75)106-127-121-100(136-106)72-29-47-87(48-30-72)112(16,17)18/h19-63,91H,1-18H3,(H,113,128)(H,114,129)(H,115,130). The number of hydrogen-bond acceptors (Lipinski definition) is 21. The van der Waals surface area contributed by atoms with Crippen LogP contribution >= 0.6 is 0 Å². The van der Waals surface area contributed by atoms with Crippen molar-refractivity contribution in [3.63, 3.8) is 0 Å². The third kappa shape index (κ3) is 20.0. The number of rotatable bonds is 21. The van der Waals surface area contributed by atoms with Crippen LogP contribution in [0.5, 0.6) is 0 Å². The van der Waals surface area contributed by atoms with E-state index in [0.717, 1.165) is 83.5 Å². The van der Waals surface area contributed by atoms with E-state index in [9.17, 15) is 0 Å². The lowest BCUT2D eigenvalue weighted by molar-refractivity contribution is 0.101. The lowest BCUT2D eigenvalue weighted by atomic mass is 9.85. The molecule has 0 fully saturated rings. The molecule has 0 aliphatic heterocycles. The average molecular weight is 1800 g/mol. The Hall–Kier alpha value is -16.1. The van der Waals surface area contributed by atoms with Crippen LogP contribution in [0.4, 0.5) is 17.1 Å². The van der Waals surface area contributed by atoms with E-state index in [2.05, 4.69) is 202 Å². The minimum absolute atomic E-state index is 0.0763. The highest BCUT2D eigenvalue weighted by Gasteiger charge is 2.29. The predicted octanol–water partition coefficient (Wildman–Crippen LogP) is 26.7. The van der Waals surface area contributed by atoms with Crippen molar-refractivity contribution >= 4 is 34.8 Å². The number of nitrogens with one attached hydrogen (secondary N) is 3. The molecule has 0 bridgehead atoms. The molecule has 18 rings (SSSR count). The van der Waals surface area contributed by atoms with Crippen molar-refractivity contribution in [1.29, 1.82) is 0 Å². The molecule has 0 atom stereocenters. The van der Waals surface area contributed by atoms with Crippen LogP contribution in [0.3, 0.4) is 0 Å². The molecule has 12 aromatic carbocycles. The van der Waals surface area contributed by atoms with Gasteiger partial charge in [-0.3, -0.25) is 14.4 Å². The van der Waals surface area contributed by atoms with E-state index in [1.54, 1.807) is 54.6 Å². The largest absolute Gasteiger partial charge is 0.416 e. The van der Waals surface area contributed by atoms with Crippen molar-refractivity contribution < 1.29 is 40.9 Å². The number of amides is 3. The van der Waals surface area contributed by atoms with Gasteiger partial charge in [0.1, 0.15) is 0 Å². The highest BCUT2D eigenvalue weighted by Crippen LogP contribution is 2.42. The molecule has 0 aliphatic carbocycles. The van der Waals surface area contributed by atoms with Crippen LogP contribution in [0, 0.1) is 0 Å². The maximum Gasteiger partial charge on any atom is 0.255 e. The first-order valence-electron chi connectivity index (χ1n) is 45.1. The second kappa shape index (κ2) is 35.8. The summed E-state index contributed by atoms with van der Waals surface area (Å²) in [5.74, 6) is 0.863. The Morgan fingerprint density at radius 3 is 0.471 bits per heavy atom. The van der Waals surface area contributed by atoms with Crippen LogP contribution in [0.2, 0.25) is 0 Å². The minimum atomic E-state index is -0.499. The molecule has 0 radical (unpaired) electrons. The molecule has 18 aromatic rings. The Bertz CT molecular complexity index is 6390. The molecule has 0 spiro atoms. The zero-order chi connectivity index (χ0) is 95.5. The van der Waals surface area contributed by atoms with Gasteiger partial charge in [-0.1, -0.05) is 234 Å². The molecule has 24 nitrogen and oxygen atoms in total. The van der Waals surface area contributed by atoms with Crippen LogP contribution in [-0.2, 0) is 32.5 Å². The van der Waals surface area contributed by atoms with Gasteiger partial charge >= 0.3 is 0 Å². The van der Waals surface area contributed by atoms with Crippen LogP contribution in [0.15, 0.2) is 299 Å². The summed E-state index contributed by atoms with van der Waals surface area (Å²) in [5, 5.41) is 63.2. The van der Waals surface area contributed by atoms with Crippen molar-refractivity contribution in [2.75, 3.05) is 16.0 Å². The van der Waals surface area contributed by atoms with Gasteiger partial charge in [-0.15, -0.1) is 61.2 Å². The van der Waals surface area contributed by atoms with E-state index in [1.807, 2.05) is 218 Å². The Kier molecular flexibility index (Phi) is 23.8. The Morgan fingerprint density at radius 1 is 0.191 bits per heavy atom. The molecule has 0 aliphatic rings. The summed E-state index contributed by atoms with van der Waals surface area (Å²) < 4.78 is 38.4. The van der Waals surface area contributed by atoms with Gasteiger partial charge in [-0.2, -0.15) is 0 Å². The van der Waals surface area contributed by atoms with Crippen molar-refractivity contribution in [3.8, 4) is 137 Å². The summed E-state index contributed by atoms with van der Waals surface area (Å²) in [7, 11) is 0. The Morgan fingerprint density at radius 2 is 0.331 bits per heavy atom. The smallest absolute Gasteiger partial charge is 0.255 e. The van der Waals surface area contributed by atoms with Gasteiger partial charge in [-0.05, 0) is 246 Å². The number of anilines is 3. The molecule has 136 heavy (non-hydrogen) atoms. The van der Waals surface area contributed by atoms with E-state index >= 15 is 14.4 Å². The summed E-state index contributed by atoms with van der Waals surface area (Å²) in [6.07, 6.45) is 0. The normalized spacial score (nSPS) is 12.2. The summed E-state index contributed by atoms with van der Waals surface area (Å²) in [4.78, 5) is 45.1. The van der Waals surface area contributed by atoms with E-state index in [-0.39, 0.29) is 84.5 Å². The van der Waals surface area contributed by atoms with Crippen LogP contribution in [-0.4, -0.2) is 78.9 Å². The third-order valence-electron chi connectivity index (χ3n) is 24.1. The second-order valence-corrected chi connectivity index (χ2v) is 40.5. The molecule has 0 unspecified atom stereocenters. The van der Waals surface area contributed by atoms with Gasteiger partial charge in [0.2, 0.25) is 70.7 Å². The molecule has 680 valence electrons. The fourth-order valence-electron chi connectivity index (χ4n) is 15.9. The van der Waals surface area contributed by atoms with E-state index < -0.39 is 23.6 Å². The summed E-state index contributed by atoms with van der Waals surface area (Å²) in [6.45, 7) is 38.7. The van der Waals surface area contributed by atoms with Crippen LogP contribution in [0.25, 0.3) is 137 Å². The first-order valence-corrected chi connectivity index (χ1v) is 45.1. The lowest BCUT2D eigenvalue weighted by Gasteiger charge is -2.20. The van der Waals surface area contributed by atoms with Gasteiger partial charge in [0.25, 0.3) is 17.7 Å². The predicted molar refractivity (Wildman–Crippen MR) is 528 cm³/mol. The number of hydrogen-bond donors (Lipinski definition) is 3. The maximum atomic E-state index is 15.0. The Balaban J connectivity index is 0.670. The minimum Gasteiger partial charge on any atom is -0.416 e. The average Bonchev–Trinajstić information content (AvgIpc) is 1.61. The molecule has 3 N–H and O–H groups in total. The topological polar surface area (TPSA) is 321 Å². The molecular weight excluding hydrogens is 1700 g/mol. The van der Waals surface area contributed by atoms with Gasteiger partial charge in [0.15, 0.2) is 0 Å². The Labute approximate surface area is 788 Å². The van der Waals surface area contributed by atoms with Crippen LogP contribution < -0.4 is 16.0 Å². The quantitative estimate of drug-likeness (QED) is 0.0563. The van der Waals surface area contributed by atoms with Gasteiger partial charge in [0.05, 0.1) is 0 Å². The molecule has 24 heteroatoms. The summed E-state index contributed by atoms with van der Waals surface area (Å²) >= 11 is 0. The van der Waals surface area contributed by atoms with Crippen molar-refractivity contribution in [2.24, 2.45) is 0 Å². The molecule has 6 aromatic heterocycles. The fourth-order valence-corrected chi connectivity index (χ4v) is 15.9. The van der Waals surface area contributed by atoms with Crippen LogP contribution in [0.1, 0.15) is 212 Å². The number of nitrogens with zero attached hydrogens (tertiary/aromatic N) is 12. The fraction of sp³-hybridized carbons (Fsp3) is 0.223. The first kappa shape index (κ1) is 90.4. The number of benzene rings is 12. The zero-order valence-electron chi connectivity index (χ0n) is 79.1. The molecule has 6 heterocycles. The molecule has 3 amide bonds. The zero-order valence-corrected chi connectivity index (χ0v) is 79.1. The number of carbonyl (C=O) groups excluding carboxylic acids is 3. The van der Waals surface area contributed by atoms with E-state index in [4.69, 9.17) is 26.5 Å². The highest BCUT2D eigenvalue weighted by molar-refractivity contribution is 6.07. The van der Waals surface area contributed by atoms with E-state index in [0.29, 0.717) is 85.8 Å². The highest BCUT2D eigenvalue weighted by atomic mass is 16.4. The lowest BCUT2D eigenvalue weighted by Crippen LogP contribution is -2.13. The number of carbonyl (C=O) groups is 3. The summed E-state index contributed by atoms with van der Waals surface area (Å²) in [6, 6.07) is 86.1. The molecular formula is C112H103N15O9. The molecule has 0 saturated carbocycles. The van der Waals surface area contributed by atoms with Gasteiger partial charge < -0.3 is 42.5 Å². The third-order valence-corrected chi connectivity index (χ3v) is 24.1. The molecule has 0 saturated heterocycles. The SMILES string of the molecule is CC(C)(C)c1ccc(-c2nnc(-c3cc(C(=O)Nc4ccc(C(c5ccc(NC(=O)c6cc(-c7nnc(-c8ccc(C(C)(C)C)cc8)o7)cc(-c7nnc(-c8ccc(C(C)(C)C)cc8)o7)c6)cc5)c5ccc(NC(=O)c6cc(-c7nnc(-c8ccc(C(C)(C)C)cc8)o7)cc(-c7nnc(-c8ccc(C(C)(C)C)cc8)o7)c6)cc5)cc4)cc(-c4nnc(-c5ccc(C(C)(C)C)cc5)o4)c3)o2)cc1. The van der Waals surface area contributed by atoms with Crippen molar-refractivity contribution in [1.82, 2.24) is 61.2 Å². The number of aromatic nitrogens is 12. The monoisotopic (exact) mass is 1800 g/mol. The first-order chi connectivity index (χ1) is 64.8.